The Balaban J connectivity index is 1.34. The van der Waals surface area contributed by atoms with Gasteiger partial charge in [-0.1, -0.05) is 134 Å². The molecule has 4 nitrogen and oxygen atoms in total. The average Bonchev–Trinajstić information content (AvgIpc) is 3.18. The van der Waals surface area contributed by atoms with Gasteiger partial charge in [0.15, 0.2) is 0 Å². The Morgan fingerprint density at radius 2 is 1.53 bits per heavy atom. The third-order valence-electron chi connectivity index (χ3n) is 9.09. The van der Waals surface area contributed by atoms with Gasteiger partial charge in [-0.15, -0.1) is 19.7 Å². The van der Waals surface area contributed by atoms with E-state index in [-0.39, 0.29) is 0 Å². The molecule has 0 fully saturated rings. The summed E-state index contributed by atoms with van der Waals surface area (Å²) in [5.41, 5.74) is 16.9. The summed E-state index contributed by atoms with van der Waals surface area (Å²) >= 11 is 0. The topological polar surface area (TPSA) is 64.2 Å². The molecule has 0 aliphatic heterocycles. The first-order valence-electron chi connectivity index (χ1n) is 17.5. The fourth-order valence-electron chi connectivity index (χ4n) is 6.29. The molecule has 0 spiro atoms. The van der Waals surface area contributed by atoms with E-state index in [9.17, 15) is 0 Å². The summed E-state index contributed by atoms with van der Waals surface area (Å²) in [5, 5.41) is 2.11. The number of amidine groups is 1. The van der Waals surface area contributed by atoms with Gasteiger partial charge in [0, 0.05) is 17.0 Å². The summed E-state index contributed by atoms with van der Waals surface area (Å²) in [7, 11) is 0. The van der Waals surface area contributed by atoms with E-state index in [1.54, 1.807) is 0 Å². The number of aliphatic imine (C=N–C) groups is 1. The van der Waals surface area contributed by atoms with Crippen LogP contribution in [-0.4, -0.2) is 15.8 Å². The maximum Gasteiger partial charge on any atom is 0.127 e. The van der Waals surface area contributed by atoms with E-state index in [1.165, 1.54) is 11.1 Å². The Kier molecular flexibility index (Phi) is 11.6. The normalized spacial score (nSPS) is 15.5. The largest absolute Gasteiger partial charge is 0.383 e. The monoisotopic (exact) mass is 664 g/mol. The van der Waals surface area contributed by atoms with Crippen LogP contribution in [0, 0.1) is 5.92 Å². The number of benzene rings is 3. The van der Waals surface area contributed by atoms with Gasteiger partial charge in [0.1, 0.15) is 5.84 Å². The molecule has 1 atom stereocenters. The van der Waals surface area contributed by atoms with E-state index in [1.807, 2.05) is 42.6 Å². The van der Waals surface area contributed by atoms with Crippen molar-refractivity contribution in [2.24, 2.45) is 16.6 Å². The van der Waals surface area contributed by atoms with E-state index >= 15 is 0 Å². The van der Waals surface area contributed by atoms with Gasteiger partial charge in [0.05, 0.1) is 22.4 Å². The van der Waals surface area contributed by atoms with E-state index < -0.39 is 0 Å². The molecule has 5 aromatic rings. The van der Waals surface area contributed by atoms with E-state index in [0.29, 0.717) is 24.6 Å². The lowest BCUT2D eigenvalue weighted by molar-refractivity contribution is 0.663. The maximum absolute atomic E-state index is 6.85. The molecule has 252 valence electrons. The van der Waals surface area contributed by atoms with Crippen LogP contribution in [0.3, 0.4) is 0 Å². The van der Waals surface area contributed by atoms with Gasteiger partial charge < -0.3 is 5.73 Å². The lowest BCUT2D eigenvalue weighted by Gasteiger charge is -2.15. The van der Waals surface area contributed by atoms with Crippen molar-refractivity contribution >= 4 is 38.9 Å². The molecular formula is C47H44N4. The molecule has 1 unspecified atom stereocenters. The molecule has 1 aliphatic carbocycles. The number of hydrogen-bond acceptors (Lipinski definition) is 3. The quantitative estimate of drug-likeness (QED) is 0.0422. The smallest absolute Gasteiger partial charge is 0.127 e. The summed E-state index contributed by atoms with van der Waals surface area (Å²) in [4.78, 5) is 14.8. The van der Waals surface area contributed by atoms with Crippen LogP contribution in [0.2, 0.25) is 0 Å². The van der Waals surface area contributed by atoms with E-state index in [0.717, 1.165) is 74.7 Å². The number of fused-ring (bicyclic) bond motifs is 3. The van der Waals surface area contributed by atoms with Crippen LogP contribution in [0.4, 0.5) is 0 Å². The fraction of sp³-hybridized carbons (Fsp3) is 0.128. The molecular weight excluding hydrogens is 621 g/mol. The highest BCUT2D eigenvalue weighted by molar-refractivity contribution is 6.03. The molecule has 6 rings (SSSR count). The molecule has 4 heteroatoms. The molecule has 0 radical (unpaired) electrons. The van der Waals surface area contributed by atoms with Crippen LogP contribution in [0.25, 0.3) is 44.2 Å². The second-order valence-corrected chi connectivity index (χ2v) is 12.7. The summed E-state index contributed by atoms with van der Waals surface area (Å²) in [6.07, 6.45) is 24.6. The first-order chi connectivity index (χ1) is 25.1. The third-order valence-corrected chi connectivity index (χ3v) is 9.09. The number of allylic oxidation sites excluding steroid dienone is 11. The van der Waals surface area contributed by atoms with E-state index in [2.05, 4.69) is 134 Å². The number of aromatic nitrogens is 2. The molecule has 51 heavy (non-hydrogen) atoms. The SMILES string of the molecule is C=CCC1=CCC(C\C=C(/N=C(N)\C(=C\C=C(/CC=C)c2ccc3ccc4cccnc4c3n2)CC=C)c2ccc(-c3ccccc3)cc2)C=C1. The standard InChI is InChI=1S/C47H44N4/c1-4-11-34-17-19-35(20-18-34)21-31-44(39-24-22-37(23-25-39)36-14-8-7-9-15-36)51-47(48)42(13-6-3)29-26-38(12-5-2)43-32-30-41-28-27-40-16-10-33-49-45(40)46(41)50-43/h4-10,14-19,22-33,35H,1-3,11-13,20-21H2,(H2,48,51)/b38-26+,42-29+,44-31-. The number of nitrogens with zero attached hydrogens (tertiary/aromatic N) is 3. The molecule has 0 bridgehead atoms. The van der Waals surface area contributed by atoms with Crippen LogP contribution in [0.15, 0.2) is 188 Å². The summed E-state index contributed by atoms with van der Waals surface area (Å²) < 4.78 is 0. The zero-order chi connectivity index (χ0) is 35.4. The second kappa shape index (κ2) is 17.0. The van der Waals surface area contributed by atoms with Crippen LogP contribution in [-0.2, 0) is 0 Å². The number of hydrogen-bond donors (Lipinski definition) is 1. The van der Waals surface area contributed by atoms with Crippen LogP contribution in [0.5, 0.6) is 0 Å². The Morgan fingerprint density at radius 1 is 0.784 bits per heavy atom. The number of rotatable bonds is 14. The van der Waals surface area contributed by atoms with Crippen molar-refractivity contribution in [3.05, 3.63) is 194 Å². The van der Waals surface area contributed by atoms with Gasteiger partial charge in [0.2, 0.25) is 0 Å². The highest BCUT2D eigenvalue weighted by Crippen LogP contribution is 2.29. The van der Waals surface area contributed by atoms with Crippen molar-refractivity contribution < 1.29 is 0 Å². The van der Waals surface area contributed by atoms with Gasteiger partial charge in [-0.3, -0.25) is 4.98 Å². The highest BCUT2D eigenvalue weighted by atomic mass is 14.9. The van der Waals surface area contributed by atoms with Gasteiger partial charge in [-0.25, -0.2) is 9.98 Å². The van der Waals surface area contributed by atoms with Crippen molar-refractivity contribution in [3.8, 4) is 11.1 Å². The van der Waals surface area contributed by atoms with Gasteiger partial charge in [-0.05, 0) is 83.6 Å². The summed E-state index contributed by atoms with van der Waals surface area (Å²) in [6.45, 7) is 11.9. The minimum atomic E-state index is 0.392. The van der Waals surface area contributed by atoms with Crippen LogP contribution < -0.4 is 5.73 Å². The molecule has 2 aromatic heterocycles. The molecule has 2 heterocycles. The predicted octanol–water partition coefficient (Wildman–Crippen LogP) is 11.8. The van der Waals surface area contributed by atoms with Crippen molar-refractivity contribution in [2.75, 3.05) is 0 Å². The molecule has 0 saturated heterocycles. The molecule has 0 saturated carbocycles. The Labute approximate surface area is 301 Å². The van der Waals surface area contributed by atoms with Crippen LogP contribution in [0.1, 0.15) is 43.4 Å². The molecule has 1 aliphatic rings. The number of nitrogens with two attached hydrogens (primary N) is 1. The van der Waals surface area contributed by atoms with Gasteiger partial charge in [0.25, 0.3) is 0 Å². The minimum absolute atomic E-state index is 0.392. The summed E-state index contributed by atoms with van der Waals surface area (Å²) in [5.74, 6) is 0.847. The third kappa shape index (κ3) is 8.73. The molecule has 2 N–H and O–H groups in total. The van der Waals surface area contributed by atoms with Crippen LogP contribution >= 0.6 is 0 Å². The Bertz CT molecular complexity index is 2230. The summed E-state index contributed by atoms with van der Waals surface area (Å²) in [6, 6.07) is 31.3. The second-order valence-electron chi connectivity index (χ2n) is 12.7. The van der Waals surface area contributed by atoms with Gasteiger partial charge >= 0.3 is 0 Å². The van der Waals surface area contributed by atoms with Crippen molar-refractivity contribution in [1.82, 2.24) is 9.97 Å². The maximum atomic E-state index is 6.85. The molecule has 3 aromatic carbocycles. The first kappa shape index (κ1) is 34.7. The van der Waals surface area contributed by atoms with Crippen molar-refractivity contribution in [1.29, 1.82) is 0 Å². The lowest BCUT2D eigenvalue weighted by atomic mass is 9.92. The predicted molar refractivity (Wildman–Crippen MR) is 219 cm³/mol. The fourth-order valence-corrected chi connectivity index (χ4v) is 6.29. The zero-order valence-electron chi connectivity index (χ0n) is 29.1. The molecule has 0 amide bonds. The van der Waals surface area contributed by atoms with Gasteiger partial charge in [-0.2, -0.15) is 0 Å². The number of pyridine rings is 2. The lowest BCUT2D eigenvalue weighted by Crippen LogP contribution is -2.15. The zero-order valence-corrected chi connectivity index (χ0v) is 29.1. The van der Waals surface area contributed by atoms with Crippen molar-refractivity contribution in [2.45, 2.75) is 32.1 Å². The van der Waals surface area contributed by atoms with Crippen molar-refractivity contribution in [3.63, 3.8) is 0 Å². The highest BCUT2D eigenvalue weighted by Gasteiger charge is 2.12. The van der Waals surface area contributed by atoms with E-state index in [4.69, 9.17) is 15.7 Å². The Morgan fingerprint density at radius 3 is 2.25 bits per heavy atom. The minimum Gasteiger partial charge on any atom is -0.383 e. The first-order valence-corrected chi connectivity index (χ1v) is 17.5. The average molecular weight is 665 g/mol. The Hall–Kier alpha value is -6.13.